The van der Waals surface area contributed by atoms with Crippen molar-refractivity contribution in [3.63, 3.8) is 0 Å². The number of hydrogen-bond acceptors (Lipinski definition) is 3. The van der Waals surface area contributed by atoms with Crippen molar-refractivity contribution in [2.75, 3.05) is 18.5 Å². The number of primary sulfonamides is 1. The summed E-state index contributed by atoms with van der Waals surface area (Å²) in [6.07, 6.45) is 4.00. The number of nitrogens with zero attached hydrogens (tertiary/aromatic N) is 1. The van der Waals surface area contributed by atoms with Gasteiger partial charge in [-0.2, -0.15) is 0 Å². The standard InChI is InChI=1S/C10H12N2O2S/c1-12-6-2-3-8-4-5-9(7-10(8)12)15(11,13)14/h2-5,7H,6H2,1H3,(H2,11,13,14). The lowest BCUT2D eigenvalue weighted by Gasteiger charge is -2.23. The zero-order valence-electron chi connectivity index (χ0n) is 8.34. The van der Waals surface area contributed by atoms with E-state index in [1.807, 2.05) is 24.1 Å². The predicted molar refractivity (Wildman–Crippen MR) is 60.1 cm³/mol. The number of benzene rings is 1. The largest absolute Gasteiger partial charge is 0.370 e. The van der Waals surface area contributed by atoms with Crippen LogP contribution >= 0.6 is 0 Å². The highest BCUT2D eigenvalue weighted by molar-refractivity contribution is 7.89. The summed E-state index contributed by atoms with van der Waals surface area (Å²) in [5.41, 5.74) is 1.90. The van der Waals surface area contributed by atoms with Crippen molar-refractivity contribution in [3.05, 3.63) is 29.8 Å². The minimum atomic E-state index is -3.61. The number of rotatable bonds is 1. The molecule has 80 valence electrons. The first-order chi connectivity index (χ1) is 6.98. The smallest absolute Gasteiger partial charge is 0.238 e. The molecule has 1 aromatic carbocycles. The molecule has 0 spiro atoms. The van der Waals surface area contributed by atoms with Gasteiger partial charge in [0, 0.05) is 19.3 Å². The molecule has 15 heavy (non-hydrogen) atoms. The molecule has 1 heterocycles. The lowest BCUT2D eigenvalue weighted by atomic mass is 10.1. The summed E-state index contributed by atoms with van der Waals surface area (Å²) in [7, 11) is -1.70. The van der Waals surface area contributed by atoms with Crippen LogP contribution in [0.15, 0.2) is 29.2 Å². The Balaban J connectivity index is 2.59. The fraction of sp³-hybridized carbons (Fsp3) is 0.200. The van der Waals surface area contributed by atoms with Crippen LogP contribution in [-0.2, 0) is 10.0 Å². The Kier molecular flexibility index (Phi) is 2.28. The molecule has 0 aromatic heterocycles. The van der Waals surface area contributed by atoms with Crippen molar-refractivity contribution in [1.29, 1.82) is 0 Å². The SMILES string of the molecule is CN1CC=Cc2ccc(S(N)(=O)=O)cc21. The minimum absolute atomic E-state index is 0.156. The molecule has 0 aliphatic carbocycles. The van der Waals surface area contributed by atoms with Gasteiger partial charge < -0.3 is 4.90 Å². The lowest BCUT2D eigenvalue weighted by molar-refractivity contribution is 0.598. The third kappa shape index (κ3) is 1.88. The van der Waals surface area contributed by atoms with Crippen molar-refractivity contribution < 1.29 is 8.42 Å². The van der Waals surface area contributed by atoms with Gasteiger partial charge in [0.15, 0.2) is 0 Å². The Labute approximate surface area is 89.1 Å². The molecular formula is C10H12N2O2S. The first kappa shape index (κ1) is 10.2. The second-order valence-electron chi connectivity index (χ2n) is 3.55. The Morgan fingerprint density at radius 3 is 2.80 bits per heavy atom. The van der Waals surface area contributed by atoms with Crippen LogP contribution in [0.3, 0.4) is 0 Å². The molecule has 2 rings (SSSR count). The zero-order chi connectivity index (χ0) is 11.1. The second kappa shape index (κ2) is 3.36. The van der Waals surface area contributed by atoms with Gasteiger partial charge in [-0.15, -0.1) is 0 Å². The van der Waals surface area contributed by atoms with Crippen LogP contribution in [0.25, 0.3) is 6.08 Å². The maximum absolute atomic E-state index is 11.2. The second-order valence-corrected chi connectivity index (χ2v) is 5.11. The van der Waals surface area contributed by atoms with E-state index in [-0.39, 0.29) is 4.90 Å². The fourth-order valence-electron chi connectivity index (χ4n) is 1.61. The van der Waals surface area contributed by atoms with E-state index in [0.29, 0.717) is 0 Å². The summed E-state index contributed by atoms with van der Waals surface area (Å²) in [5.74, 6) is 0. The van der Waals surface area contributed by atoms with Crippen molar-refractivity contribution in [2.24, 2.45) is 5.14 Å². The minimum Gasteiger partial charge on any atom is -0.370 e. The number of nitrogens with two attached hydrogens (primary N) is 1. The molecule has 0 bridgehead atoms. The zero-order valence-corrected chi connectivity index (χ0v) is 9.16. The van der Waals surface area contributed by atoms with E-state index < -0.39 is 10.0 Å². The summed E-state index contributed by atoms with van der Waals surface area (Å²) in [6.45, 7) is 0.779. The van der Waals surface area contributed by atoms with E-state index in [0.717, 1.165) is 17.8 Å². The normalized spacial score (nSPS) is 15.2. The van der Waals surface area contributed by atoms with Gasteiger partial charge in [-0.05, 0) is 17.7 Å². The highest BCUT2D eigenvalue weighted by atomic mass is 32.2. The molecule has 4 nitrogen and oxygen atoms in total. The Hall–Kier alpha value is -1.33. The van der Waals surface area contributed by atoms with E-state index in [2.05, 4.69) is 0 Å². The molecule has 2 N–H and O–H groups in total. The quantitative estimate of drug-likeness (QED) is 0.767. The van der Waals surface area contributed by atoms with Gasteiger partial charge in [-0.3, -0.25) is 0 Å². The van der Waals surface area contributed by atoms with E-state index in [1.54, 1.807) is 12.1 Å². The number of sulfonamides is 1. The summed E-state index contributed by atoms with van der Waals surface area (Å²) < 4.78 is 22.3. The molecule has 0 amide bonds. The third-order valence-corrected chi connectivity index (χ3v) is 3.33. The van der Waals surface area contributed by atoms with Crippen molar-refractivity contribution in [1.82, 2.24) is 0 Å². The monoisotopic (exact) mass is 224 g/mol. The topological polar surface area (TPSA) is 63.4 Å². The first-order valence-corrected chi connectivity index (χ1v) is 6.07. The van der Waals surface area contributed by atoms with Crippen LogP contribution in [0.5, 0.6) is 0 Å². The van der Waals surface area contributed by atoms with Crippen LogP contribution in [0.2, 0.25) is 0 Å². The molecule has 0 atom stereocenters. The van der Waals surface area contributed by atoms with Gasteiger partial charge in [0.2, 0.25) is 10.0 Å². The summed E-state index contributed by atoms with van der Waals surface area (Å²) >= 11 is 0. The van der Waals surface area contributed by atoms with E-state index >= 15 is 0 Å². The Morgan fingerprint density at radius 2 is 2.13 bits per heavy atom. The van der Waals surface area contributed by atoms with Crippen molar-refractivity contribution in [2.45, 2.75) is 4.90 Å². The molecule has 1 aliphatic heterocycles. The molecule has 0 saturated carbocycles. The van der Waals surface area contributed by atoms with E-state index in [9.17, 15) is 8.42 Å². The molecule has 0 radical (unpaired) electrons. The van der Waals surface area contributed by atoms with Crippen molar-refractivity contribution in [3.8, 4) is 0 Å². The summed E-state index contributed by atoms with van der Waals surface area (Å²) in [5, 5.41) is 5.07. The first-order valence-electron chi connectivity index (χ1n) is 4.53. The predicted octanol–water partition coefficient (Wildman–Crippen LogP) is 0.797. The number of hydrogen-bond donors (Lipinski definition) is 1. The van der Waals surface area contributed by atoms with E-state index in [4.69, 9.17) is 5.14 Å². The molecule has 0 fully saturated rings. The van der Waals surface area contributed by atoms with E-state index in [1.165, 1.54) is 6.07 Å². The van der Waals surface area contributed by atoms with Crippen LogP contribution in [0, 0.1) is 0 Å². The summed E-state index contributed by atoms with van der Waals surface area (Å²) in [4.78, 5) is 2.13. The molecule has 0 saturated heterocycles. The molecular weight excluding hydrogens is 212 g/mol. The third-order valence-electron chi connectivity index (χ3n) is 2.42. The average Bonchev–Trinajstić information content (AvgIpc) is 2.16. The van der Waals surface area contributed by atoms with Gasteiger partial charge in [0.05, 0.1) is 4.90 Å². The number of likely N-dealkylation sites (N-methyl/N-ethyl adjacent to an activating group) is 1. The maximum Gasteiger partial charge on any atom is 0.238 e. The Morgan fingerprint density at radius 1 is 1.40 bits per heavy atom. The average molecular weight is 224 g/mol. The highest BCUT2D eigenvalue weighted by Gasteiger charge is 2.14. The molecule has 1 aromatic rings. The number of anilines is 1. The highest BCUT2D eigenvalue weighted by Crippen LogP contribution is 2.27. The van der Waals surface area contributed by atoms with Gasteiger partial charge in [-0.25, -0.2) is 13.6 Å². The van der Waals surface area contributed by atoms with Gasteiger partial charge in [0.25, 0.3) is 0 Å². The Bertz CT molecular complexity index is 520. The van der Waals surface area contributed by atoms with Gasteiger partial charge in [-0.1, -0.05) is 18.2 Å². The summed E-state index contributed by atoms with van der Waals surface area (Å²) in [6, 6.07) is 4.90. The van der Waals surface area contributed by atoms with Crippen molar-refractivity contribution >= 4 is 21.8 Å². The fourth-order valence-corrected chi connectivity index (χ4v) is 2.14. The molecule has 1 aliphatic rings. The molecule has 5 heteroatoms. The van der Waals surface area contributed by atoms with Crippen LogP contribution in [0.1, 0.15) is 5.56 Å². The number of fused-ring (bicyclic) bond motifs is 1. The van der Waals surface area contributed by atoms with Crippen LogP contribution in [-0.4, -0.2) is 22.0 Å². The van der Waals surface area contributed by atoms with Gasteiger partial charge >= 0.3 is 0 Å². The molecule has 0 unspecified atom stereocenters. The van der Waals surface area contributed by atoms with Crippen LogP contribution < -0.4 is 10.0 Å². The lowest BCUT2D eigenvalue weighted by Crippen LogP contribution is -2.21. The van der Waals surface area contributed by atoms with Gasteiger partial charge in [0.1, 0.15) is 0 Å². The maximum atomic E-state index is 11.2. The van der Waals surface area contributed by atoms with Crippen LogP contribution in [0.4, 0.5) is 5.69 Å².